The molecule has 1 N–H and O–H groups in total. The fourth-order valence-corrected chi connectivity index (χ4v) is 2.21. The molecule has 9 heteroatoms. The molecule has 2 aromatic heterocycles. The minimum Gasteiger partial charge on any atom is -0.289 e. The van der Waals surface area contributed by atoms with Gasteiger partial charge in [-0.25, -0.2) is 14.1 Å². The van der Waals surface area contributed by atoms with Gasteiger partial charge >= 0.3 is 0 Å². The van der Waals surface area contributed by atoms with Crippen LogP contribution in [0.3, 0.4) is 0 Å². The van der Waals surface area contributed by atoms with Crippen molar-refractivity contribution in [1.82, 2.24) is 24.5 Å². The average Bonchev–Trinajstić information content (AvgIpc) is 3.12. The van der Waals surface area contributed by atoms with Crippen LogP contribution in [0.5, 0.6) is 0 Å². The summed E-state index contributed by atoms with van der Waals surface area (Å²) in [5.41, 5.74) is 0.699. The largest absolute Gasteiger partial charge is 0.289 e. The highest BCUT2D eigenvalue weighted by Crippen LogP contribution is 2.19. The normalized spacial score (nSPS) is 10.7. The minimum atomic E-state index is -0.422. The lowest BCUT2D eigenvalue weighted by Gasteiger charge is -2.05. The Morgan fingerprint density at radius 2 is 2.26 bits per heavy atom. The Morgan fingerprint density at radius 1 is 1.43 bits per heavy atom. The van der Waals surface area contributed by atoms with Gasteiger partial charge in [0.05, 0.1) is 18.3 Å². The topological polar surface area (TPSA) is 77.6 Å². The SMILES string of the molecule is Cn1cc(C(=O)Nc2ncn(Cc3c(F)cccc3Cl)n2)cn1. The molecule has 0 aliphatic heterocycles. The van der Waals surface area contributed by atoms with Gasteiger partial charge in [0.25, 0.3) is 5.91 Å². The van der Waals surface area contributed by atoms with Gasteiger partial charge in [0, 0.05) is 23.8 Å². The molecular formula is C14H12ClFN6O. The molecule has 0 aliphatic rings. The number of hydrogen-bond donors (Lipinski definition) is 1. The molecule has 2 heterocycles. The van der Waals surface area contributed by atoms with Crippen LogP contribution in [0.1, 0.15) is 15.9 Å². The Kier molecular flexibility index (Phi) is 4.07. The summed E-state index contributed by atoms with van der Waals surface area (Å²) in [6, 6.07) is 4.45. The predicted octanol–water partition coefficient (Wildman–Crippen LogP) is 2.10. The molecule has 3 rings (SSSR count). The summed E-state index contributed by atoms with van der Waals surface area (Å²) in [6.07, 6.45) is 4.40. The van der Waals surface area contributed by atoms with Gasteiger partial charge in [-0.1, -0.05) is 17.7 Å². The molecule has 0 fully saturated rings. The number of halogens is 2. The van der Waals surface area contributed by atoms with Crippen LogP contribution in [0.4, 0.5) is 10.3 Å². The first-order valence-electron chi connectivity index (χ1n) is 6.65. The Bertz CT molecular complexity index is 838. The van der Waals surface area contributed by atoms with E-state index in [0.717, 1.165) is 0 Å². The van der Waals surface area contributed by atoms with Gasteiger partial charge in [0.2, 0.25) is 5.95 Å². The number of amides is 1. The number of nitrogens with one attached hydrogen (secondary N) is 1. The summed E-state index contributed by atoms with van der Waals surface area (Å²) in [5.74, 6) is -0.681. The van der Waals surface area contributed by atoms with Crippen LogP contribution in [0.25, 0.3) is 0 Å². The molecule has 7 nitrogen and oxygen atoms in total. The van der Waals surface area contributed by atoms with Crippen molar-refractivity contribution in [3.8, 4) is 0 Å². The molecule has 0 radical (unpaired) electrons. The van der Waals surface area contributed by atoms with E-state index in [1.54, 1.807) is 19.3 Å². The fraction of sp³-hybridized carbons (Fsp3) is 0.143. The number of rotatable bonds is 4. The van der Waals surface area contributed by atoms with Crippen molar-refractivity contribution in [2.75, 3.05) is 5.32 Å². The second-order valence-electron chi connectivity index (χ2n) is 4.82. The van der Waals surface area contributed by atoms with Crippen LogP contribution in [0, 0.1) is 5.82 Å². The Balaban J connectivity index is 1.72. The number of aryl methyl sites for hydroxylation is 1. The number of carbonyl (C=O) groups is 1. The fourth-order valence-electron chi connectivity index (χ4n) is 1.99. The van der Waals surface area contributed by atoms with Crippen LogP contribution in [0.2, 0.25) is 5.02 Å². The monoisotopic (exact) mass is 334 g/mol. The highest BCUT2D eigenvalue weighted by Gasteiger charge is 2.12. The van der Waals surface area contributed by atoms with Crippen LogP contribution in [-0.4, -0.2) is 30.5 Å². The van der Waals surface area contributed by atoms with E-state index >= 15 is 0 Å². The first-order chi connectivity index (χ1) is 11.0. The lowest BCUT2D eigenvalue weighted by molar-refractivity contribution is 0.102. The maximum absolute atomic E-state index is 13.8. The van der Waals surface area contributed by atoms with E-state index < -0.39 is 5.82 Å². The summed E-state index contributed by atoms with van der Waals surface area (Å²) >= 11 is 5.97. The van der Waals surface area contributed by atoms with E-state index in [1.165, 1.54) is 34.0 Å². The van der Waals surface area contributed by atoms with Gasteiger partial charge in [0.15, 0.2) is 0 Å². The molecule has 23 heavy (non-hydrogen) atoms. The van der Waals surface area contributed by atoms with Crippen LogP contribution in [0.15, 0.2) is 36.9 Å². The van der Waals surface area contributed by atoms with Crippen LogP contribution in [-0.2, 0) is 13.6 Å². The molecule has 0 atom stereocenters. The van der Waals surface area contributed by atoms with Gasteiger partial charge in [-0.15, -0.1) is 5.10 Å². The van der Waals surface area contributed by atoms with Crippen molar-refractivity contribution < 1.29 is 9.18 Å². The van der Waals surface area contributed by atoms with Gasteiger partial charge < -0.3 is 0 Å². The lowest BCUT2D eigenvalue weighted by atomic mass is 10.2. The van der Waals surface area contributed by atoms with Crippen molar-refractivity contribution >= 4 is 23.5 Å². The molecule has 0 saturated carbocycles. The van der Waals surface area contributed by atoms with Gasteiger partial charge in [-0.3, -0.25) is 14.8 Å². The summed E-state index contributed by atoms with van der Waals surface area (Å²) in [7, 11) is 1.71. The quantitative estimate of drug-likeness (QED) is 0.792. The summed E-state index contributed by atoms with van der Waals surface area (Å²) < 4.78 is 16.7. The van der Waals surface area contributed by atoms with Crippen molar-refractivity contribution in [2.45, 2.75) is 6.54 Å². The van der Waals surface area contributed by atoms with Gasteiger partial charge in [0.1, 0.15) is 12.1 Å². The highest BCUT2D eigenvalue weighted by molar-refractivity contribution is 6.31. The molecular weight excluding hydrogens is 323 g/mol. The van der Waals surface area contributed by atoms with Crippen molar-refractivity contribution in [2.24, 2.45) is 7.05 Å². The Morgan fingerprint density at radius 3 is 2.96 bits per heavy atom. The maximum Gasteiger partial charge on any atom is 0.261 e. The minimum absolute atomic E-state index is 0.112. The van der Waals surface area contributed by atoms with Crippen LogP contribution < -0.4 is 5.32 Å². The van der Waals surface area contributed by atoms with E-state index in [9.17, 15) is 9.18 Å². The van der Waals surface area contributed by atoms with Crippen molar-refractivity contribution in [1.29, 1.82) is 0 Å². The van der Waals surface area contributed by atoms with E-state index in [-0.39, 0.29) is 18.4 Å². The lowest BCUT2D eigenvalue weighted by Crippen LogP contribution is -2.13. The number of aromatic nitrogens is 5. The van der Waals surface area contributed by atoms with Crippen molar-refractivity contribution in [3.05, 3.63) is 58.9 Å². The smallest absolute Gasteiger partial charge is 0.261 e. The first kappa shape index (κ1) is 15.2. The standard InChI is InChI=1S/C14H12ClFN6O/c1-21-6-9(5-18-21)13(23)19-14-17-8-22(20-14)7-10-11(15)3-2-4-12(10)16/h2-6,8H,7H2,1H3,(H,19,20,23). The number of benzene rings is 1. The average molecular weight is 335 g/mol. The molecule has 1 aromatic carbocycles. The summed E-state index contributed by atoms with van der Waals surface area (Å²) in [6.45, 7) is 0.112. The number of anilines is 1. The molecule has 3 aromatic rings. The third-order valence-electron chi connectivity index (χ3n) is 3.11. The zero-order valence-electron chi connectivity index (χ0n) is 12.1. The molecule has 0 aliphatic carbocycles. The third kappa shape index (κ3) is 3.37. The summed E-state index contributed by atoms with van der Waals surface area (Å²) in [5, 5.41) is 10.8. The van der Waals surface area contributed by atoms with E-state index in [2.05, 4.69) is 20.5 Å². The van der Waals surface area contributed by atoms with Gasteiger partial charge in [-0.2, -0.15) is 5.10 Å². The zero-order valence-corrected chi connectivity index (χ0v) is 12.8. The predicted molar refractivity (Wildman–Crippen MR) is 81.7 cm³/mol. The Hall–Kier alpha value is -2.74. The third-order valence-corrected chi connectivity index (χ3v) is 3.46. The highest BCUT2D eigenvalue weighted by atomic mass is 35.5. The maximum atomic E-state index is 13.8. The number of hydrogen-bond acceptors (Lipinski definition) is 4. The number of nitrogens with zero attached hydrogens (tertiary/aromatic N) is 5. The number of carbonyl (C=O) groups excluding carboxylic acids is 1. The molecule has 0 bridgehead atoms. The van der Waals surface area contributed by atoms with E-state index in [0.29, 0.717) is 16.1 Å². The zero-order chi connectivity index (χ0) is 16.4. The van der Waals surface area contributed by atoms with E-state index in [1.807, 2.05) is 0 Å². The summed E-state index contributed by atoms with van der Waals surface area (Å²) in [4.78, 5) is 15.9. The second kappa shape index (κ2) is 6.17. The Labute approximate surface area is 135 Å². The molecule has 118 valence electrons. The first-order valence-corrected chi connectivity index (χ1v) is 7.03. The molecule has 0 unspecified atom stereocenters. The molecule has 0 saturated heterocycles. The molecule has 0 spiro atoms. The van der Waals surface area contributed by atoms with Crippen LogP contribution >= 0.6 is 11.6 Å². The second-order valence-corrected chi connectivity index (χ2v) is 5.23. The van der Waals surface area contributed by atoms with Gasteiger partial charge in [-0.05, 0) is 12.1 Å². The molecule has 1 amide bonds. The van der Waals surface area contributed by atoms with Crippen molar-refractivity contribution in [3.63, 3.8) is 0 Å². The van der Waals surface area contributed by atoms with E-state index in [4.69, 9.17) is 11.6 Å².